The molecule has 0 saturated carbocycles. The lowest BCUT2D eigenvalue weighted by Crippen LogP contribution is -2.09. The van der Waals surface area contributed by atoms with Crippen LogP contribution in [-0.2, 0) is 13.6 Å². The Morgan fingerprint density at radius 1 is 0.864 bits per heavy atom. The summed E-state index contributed by atoms with van der Waals surface area (Å²) < 4.78 is 22.1. The van der Waals surface area contributed by atoms with Gasteiger partial charge in [0, 0.05) is 25.3 Å². The number of hydrogen-bond acceptors (Lipinski definition) is 4. The van der Waals surface area contributed by atoms with Gasteiger partial charge in [-0.2, -0.15) is 0 Å². The average Bonchev–Trinajstić information content (AvgIpc) is 2.52. The van der Waals surface area contributed by atoms with E-state index in [2.05, 4.69) is 0 Å². The minimum Gasteiger partial charge on any atom is -0.309 e. The van der Waals surface area contributed by atoms with Crippen LogP contribution in [0.5, 0.6) is 0 Å². The first-order chi connectivity index (χ1) is 10.4. The maximum absolute atomic E-state index is 12.5. The Bertz CT molecular complexity index is 707. The molecule has 0 spiro atoms. The Morgan fingerprint density at radius 3 is 1.82 bits per heavy atom. The van der Waals surface area contributed by atoms with Crippen molar-refractivity contribution in [2.75, 3.05) is 14.2 Å². The molecule has 0 N–H and O–H groups in total. The van der Waals surface area contributed by atoms with Gasteiger partial charge in [-0.1, -0.05) is 29.3 Å². The fourth-order valence-corrected chi connectivity index (χ4v) is 3.44. The standard InChI is InChI=1S/C17H19O4P/c1-12-9-13(2)11-15(10-12)17(18)14-5-7-16(8-6-14)22(19,20-3)21-4/h5-11H,1-4H3. The predicted octanol–water partition coefficient (Wildman–Crippen LogP) is 3.65. The van der Waals surface area contributed by atoms with Gasteiger partial charge >= 0.3 is 7.60 Å². The highest BCUT2D eigenvalue weighted by Gasteiger charge is 2.24. The summed E-state index contributed by atoms with van der Waals surface area (Å²) in [4.78, 5) is 12.5. The zero-order valence-electron chi connectivity index (χ0n) is 13.1. The summed E-state index contributed by atoms with van der Waals surface area (Å²) in [7, 11) is -0.618. The van der Waals surface area contributed by atoms with Crippen LogP contribution in [0.15, 0.2) is 42.5 Å². The molecule has 5 heteroatoms. The van der Waals surface area contributed by atoms with Crippen LogP contribution in [0, 0.1) is 13.8 Å². The molecular weight excluding hydrogens is 299 g/mol. The third-order valence-corrected chi connectivity index (χ3v) is 5.30. The zero-order chi connectivity index (χ0) is 16.3. The lowest BCUT2D eigenvalue weighted by molar-refractivity contribution is 0.103. The van der Waals surface area contributed by atoms with Gasteiger partial charge in [-0.3, -0.25) is 9.36 Å². The summed E-state index contributed by atoms with van der Waals surface area (Å²) in [6.45, 7) is 3.92. The molecule has 0 unspecified atom stereocenters. The average molecular weight is 318 g/mol. The number of aryl methyl sites for hydroxylation is 2. The fraction of sp³-hybridized carbons (Fsp3) is 0.235. The van der Waals surface area contributed by atoms with Crippen LogP contribution in [0.4, 0.5) is 0 Å². The summed E-state index contributed by atoms with van der Waals surface area (Å²) in [5.74, 6) is -0.0667. The summed E-state index contributed by atoms with van der Waals surface area (Å²) in [5, 5.41) is 0.425. The third kappa shape index (κ3) is 3.36. The van der Waals surface area contributed by atoms with Crippen molar-refractivity contribution < 1.29 is 18.4 Å². The van der Waals surface area contributed by atoms with Gasteiger partial charge in [0.25, 0.3) is 0 Å². The quantitative estimate of drug-likeness (QED) is 0.624. The monoisotopic (exact) mass is 318 g/mol. The lowest BCUT2D eigenvalue weighted by atomic mass is 9.99. The Morgan fingerprint density at radius 2 is 1.36 bits per heavy atom. The van der Waals surface area contributed by atoms with E-state index in [1.54, 1.807) is 24.3 Å². The number of carbonyl (C=O) groups is 1. The maximum atomic E-state index is 12.5. The van der Waals surface area contributed by atoms with E-state index in [1.165, 1.54) is 14.2 Å². The summed E-state index contributed by atoms with van der Waals surface area (Å²) in [6.07, 6.45) is 0. The summed E-state index contributed by atoms with van der Waals surface area (Å²) >= 11 is 0. The topological polar surface area (TPSA) is 52.6 Å². The van der Waals surface area contributed by atoms with Gasteiger partial charge in [-0.15, -0.1) is 0 Å². The van der Waals surface area contributed by atoms with Gasteiger partial charge in [-0.05, 0) is 38.1 Å². The number of hydrogen-bond donors (Lipinski definition) is 0. The first-order valence-electron chi connectivity index (χ1n) is 6.85. The van der Waals surface area contributed by atoms with Gasteiger partial charge in [0.1, 0.15) is 0 Å². The maximum Gasteiger partial charge on any atom is 0.360 e. The Balaban J connectivity index is 2.34. The van der Waals surface area contributed by atoms with Crippen molar-refractivity contribution in [3.63, 3.8) is 0 Å². The minimum absolute atomic E-state index is 0.0667. The smallest absolute Gasteiger partial charge is 0.309 e. The van der Waals surface area contributed by atoms with Crippen LogP contribution in [0.2, 0.25) is 0 Å². The van der Waals surface area contributed by atoms with Crippen molar-refractivity contribution in [3.8, 4) is 0 Å². The predicted molar refractivity (Wildman–Crippen MR) is 87.0 cm³/mol. The Hall–Kier alpha value is -1.74. The summed E-state index contributed by atoms with van der Waals surface area (Å²) in [5.41, 5.74) is 3.27. The number of ketones is 1. The molecular formula is C17H19O4P. The minimum atomic E-state index is -3.28. The molecule has 0 heterocycles. The van der Waals surface area contributed by atoms with Crippen molar-refractivity contribution >= 4 is 18.7 Å². The number of rotatable bonds is 5. The normalized spacial score (nSPS) is 11.5. The molecule has 0 aliphatic heterocycles. The molecule has 0 radical (unpaired) electrons. The Labute approximate surface area is 130 Å². The van der Waals surface area contributed by atoms with Crippen molar-refractivity contribution in [1.82, 2.24) is 0 Å². The second-order valence-corrected chi connectivity index (χ2v) is 7.36. The molecule has 4 nitrogen and oxygen atoms in total. The molecule has 0 aromatic heterocycles. The highest BCUT2D eigenvalue weighted by molar-refractivity contribution is 7.62. The first-order valence-corrected chi connectivity index (χ1v) is 8.39. The van der Waals surface area contributed by atoms with Crippen LogP contribution in [0.25, 0.3) is 0 Å². The van der Waals surface area contributed by atoms with Gasteiger partial charge in [0.05, 0.1) is 5.30 Å². The lowest BCUT2D eigenvalue weighted by Gasteiger charge is -2.13. The molecule has 0 aliphatic carbocycles. The van der Waals surface area contributed by atoms with E-state index in [9.17, 15) is 9.36 Å². The fourth-order valence-electron chi connectivity index (χ4n) is 2.35. The van der Waals surface area contributed by atoms with E-state index >= 15 is 0 Å². The van der Waals surface area contributed by atoms with E-state index in [4.69, 9.17) is 9.05 Å². The largest absolute Gasteiger partial charge is 0.360 e. The second-order valence-electron chi connectivity index (χ2n) is 5.12. The molecule has 2 aromatic rings. The van der Waals surface area contributed by atoms with E-state index in [0.717, 1.165) is 11.1 Å². The molecule has 2 aromatic carbocycles. The zero-order valence-corrected chi connectivity index (χ0v) is 14.0. The van der Waals surface area contributed by atoms with Crippen molar-refractivity contribution in [2.45, 2.75) is 13.8 Å². The van der Waals surface area contributed by atoms with Crippen molar-refractivity contribution in [1.29, 1.82) is 0 Å². The Kier molecular flexibility index (Phi) is 4.97. The number of carbonyl (C=O) groups excluding carboxylic acids is 1. The molecule has 0 atom stereocenters. The molecule has 0 saturated heterocycles. The highest BCUT2D eigenvalue weighted by Crippen LogP contribution is 2.44. The van der Waals surface area contributed by atoms with E-state index in [-0.39, 0.29) is 5.78 Å². The van der Waals surface area contributed by atoms with Gasteiger partial charge in [-0.25, -0.2) is 0 Å². The van der Waals surface area contributed by atoms with Crippen molar-refractivity contribution in [3.05, 3.63) is 64.7 Å². The molecule has 2 rings (SSSR count). The van der Waals surface area contributed by atoms with Crippen LogP contribution < -0.4 is 5.30 Å². The van der Waals surface area contributed by atoms with Crippen LogP contribution >= 0.6 is 7.60 Å². The third-order valence-electron chi connectivity index (χ3n) is 3.41. The van der Waals surface area contributed by atoms with Crippen molar-refractivity contribution in [2.24, 2.45) is 0 Å². The van der Waals surface area contributed by atoms with Gasteiger partial charge in [0.15, 0.2) is 5.78 Å². The van der Waals surface area contributed by atoms with Gasteiger partial charge in [0.2, 0.25) is 0 Å². The molecule has 0 aliphatic rings. The molecule has 116 valence electrons. The van der Waals surface area contributed by atoms with Crippen LogP contribution in [0.1, 0.15) is 27.0 Å². The van der Waals surface area contributed by atoms with E-state index < -0.39 is 7.60 Å². The first kappa shape index (κ1) is 16.6. The number of benzene rings is 2. The van der Waals surface area contributed by atoms with E-state index in [1.807, 2.05) is 32.0 Å². The second kappa shape index (κ2) is 6.57. The molecule has 22 heavy (non-hydrogen) atoms. The van der Waals surface area contributed by atoms with Crippen LogP contribution in [0.3, 0.4) is 0 Å². The molecule has 0 bridgehead atoms. The highest BCUT2D eigenvalue weighted by atomic mass is 31.2. The molecule has 0 amide bonds. The summed E-state index contributed by atoms with van der Waals surface area (Å²) in [6, 6.07) is 12.2. The van der Waals surface area contributed by atoms with E-state index in [0.29, 0.717) is 16.4 Å². The van der Waals surface area contributed by atoms with Gasteiger partial charge < -0.3 is 9.05 Å². The van der Waals surface area contributed by atoms with Crippen LogP contribution in [-0.4, -0.2) is 20.0 Å². The molecule has 0 fully saturated rings. The SMILES string of the molecule is COP(=O)(OC)c1ccc(C(=O)c2cc(C)cc(C)c2)cc1.